The van der Waals surface area contributed by atoms with E-state index in [4.69, 9.17) is 5.73 Å². The fourth-order valence-corrected chi connectivity index (χ4v) is 1.50. The first kappa shape index (κ1) is 9.86. The van der Waals surface area contributed by atoms with E-state index in [1.54, 1.807) is 12.5 Å². The minimum absolute atomic E-state index is 0.0598. The highest BCUT2D eigenvalue weighted by atomic mass is 15.0. The van der Waals surface area contributed by atoms with Crippen LogP contribution in [0.25, 0.3) is 0 Å². The summed E-state index contributed by atoms with van der Waals surface area (Å²) in [6, 6.07) is 3.88. The van der Waals surface area contributed by atoms with E-state index in [-0.39, 0.29) is 6.04 Å². The number of aryl methyl sites for hydroxylation is 1. The van der Waals surface area contributed by atoms with Crippen molar-refractivity contribution in [3.05, 3.63) is 48.3 Å². The summed E-state index contributed by atoms with van der Waals surface area (Å²) in [6.07, 6.45) is 8.07. The summed E-state index contributed by atoms with van der Waals surface area (Å²) >= 11 is 0. The molecule has 1 atom stereocenters. The maximum atomic E-state index is 6.04. The van der Waals surface area contributed by atoms with Crippen LogP contribution in [0, 0.1) is 0 Å². The molecule has 4 heteroatoms. The number of hydrogen-bond donors (Lipinski definition) is 1. The average Bonchev–Trinajstić information content (AvgIpc) is 2.66. The molecule has 4 nitrogen and oxygen atoms in total. The van der Waals surface area contributed by atoms with Gasteiger partial charge in [-0.25, -0.2) is 4.98 Å². The average molecular weight is 202 g/mol. The third-order valence-electron chi connectivity index (χ3n) is 2.28. The van der Waals surface area contributed by atoms with Crippen molar-refractivity contribution < 1.29 is 0 Å². The first-order chi connectivity index (χ1) is 7.25. The van der Waals surface area contributed by atoms with Gasteiger partial charge in [-0.3, -0.25) is 4.98 Å². The number of aromatic nitrogens is 3. The quantitative estimate of drug-likeness (QED) is 0.809. The molecule has 0 aliphatic carbocycles. The SMILES string of the molecule is Cn1cnc(C(N)Cc2cccnc2)c1. The van der Waals surface area contributed by atoms with E-state index >= 15 is 0 Å². The Bertz CT molecular complexity index is 421. The summed E-state index contributed by atoms with van der Waals surface area (Å²) in [5, 5.41) is 0. The highest BCUT2D eigenvalue weighted by Crippen LogP contribution is 2.12. The van der Waals surface area contributed by atoms with Gasteiger partial charge >= 0.3 is 0 Å². The molecule has 2 aromatic rings. The number of pyridine rings is 1. The molecule has 0 bridgehead atoms. The van der Waals surface area contributed by atoms with E-state index in [0.717, 1.165) is 17.7 Å². The maximum absolute atomic E-state index is 6.04. The van der Waals surface area contributed by atoms with E-state index in [1.807, 2.05) is 36.1 Å². The fraction of sp³-hybridized carbons (Fsp3) is 0.273. The van der Waals surface area contributed by atoms with Crippen molar-refractivity contribution in [2.24, 2.45) is 12.8 Å². The number of hydrogen-bond acceptors (Lipinski definition) is 3. The first-order valence-corrected chi connectivity index (χ1v) is 4.88. The molecule has 0 saturated heterocycles. The van der Waals surface area contributed by atoms with Gasteiger partial charge in [0.25, 0.3) is 0 Å². The van der Waals surface area contributed by atoms with Gasteiger partial charge < -0.3 is 10.3 Å². The van der Waals surface area contributed by atoms with E-state index in [1.165, 1.54) is 0 Å². The Morgan fingerprint density at radius 1 is 1.53 bits per heavy atom. The lowest BCUT2D eigenvalue weighted by Crippen LogP contribution is -2.13. The smallest absolute Gasteiger partial charge is 0.0947 e. The predicted molar refractivity (Wildman–Crippen MR) is 58.1 cm³/mol. The van der Waals surface area contributed by atoms with Crippen LogP contribution in [0.5, 0.6) is 0 Å². The summed E-state index contributed by atoms with van der Waals surface area (Å²) in [6.45, 7) is 0. The molecule has 0 spiro atoms. The number of nitrogens with two attached hydrogens (primary N) is 1. The lowest BCUT2D eigenvalue weighted by molar-refractivity contribution is 0.698. The Morgan fingerprint density at radius 2 is 2.40 bits per heavy atom. The van der Waals surface area contributed by atoms with Gasteiger partial charge in [-0.1, -0.05) is 6.07 Å². The van der Waals surface area contributed by atoms with Gasteiger partial charge in [0.2, 0.25) is 0 Å². The molecular weight excluding hydrogens is 188 g/mol. The first-order valence-electron chi connectivity index (χ1n) is 4.88. The molecular formula is C11H14N4. The molecule has 2 heterocycles. The molecule has 0 saturated carbocycles. The van der Waals surface area contributed by atoms with Crippen molar-refractivity contribution in [3.63, 3.8) is 0 Å². The highest BCUT2D eigenvalue weighted by Gasteiger charge is 2.09. The van der Waals surface area contributed by atoms with Crippen LogP contribution in [0.4, 0.5) is 0 Å². The zero-order valence-corrected chi connectivity index (χ0v) is 8.67. The Hall–Kier alpha value is -1.68. The fourth-order valence-electron chi connectivity index (χ4n) is 1.50. The van der Waals surface area contributed by atoms with Crippen LogP contribution >= 0.6 is 0 Å². The summed E-state index contributed by atoms with van der Waals surface area (Å²) in [5.41, 5.74) is 8.09. The van der Waals surface area contributed by atoms with Crippen molar-refractivity contribution in [1.82, 2.24) is 14.5 Å². The summed E-state index contributed by atoms with van der Waals surface area (Å²) in [7, 11) is 1.94. The van der Waals surface area contributed by atoms with Crippen molar-refractivity contribution in [1.29, 1.82) is 0 Å². The molecule has 2 aromatic heterocycles. The van der Waals surface area contributed by atoms with E-state index in [0.29, 0.717) is 0 Å². The lowest BCUT2D eigenvalue weighted by Gasteiger charge is -2.07. The Labute approximate surface area is 88.8 Å². The highest BCUT2D eigenvalue weighted by molar-refractivity contribution is 5.14. The van der Waals surface area contributed by atoms with Crippen molar-refractivity contribution >= 4 is 0 Å². The van der Waals surface area contributed by atoms with Crippen LogP contribution < -0.4 is 5.73 Å². The Balaban J connectivity index is 2.07. The minimum Gasteiger partial charge on any atom is -0.340 e. The van der Waals surface area contributed by atoms with Crippen LogP contribution in [0.3, 0.4) is 0 Å². The molecule has 0 aromatic carbocycles. The number of imidazole rings is 1. The summed E-state index contributed by atoms with van der Waals surface area (Å²) in [4.78, 5) is 8.28. The second-order valence-corrected chi connectivity index (χ2v) is 3.64. The van der Waals surface area contributed by atoms with Gasteiger partial charge in [0, 0.05) is 25.6 Å². The van der Waals surface area contributed by atoms with Gasteiger partial charge in [-0.2, -0.15) is 0 Å². The molecule has 0 radical (unpaired) electrons. The van der Waals surface area contributed by atoms with Gasteiger partial charge in [0.1, 0.15) is 0 Å². The van der Waals surface area contributed by atoms with E-state index in [2.05, 4.69) is 9.97 Å². The van der Waals surface area contributed by atoms with Crippen LogP contribution in [0.1, 0.15) is 17.3 Å². The molecule has 15 heavy (non-hydrogen) atoms. The number of nitrogens with zero attached hydrogens (tertiary/aromatic N) is 3. The minimum atomic E-state index is -0.0598. The molecule has 0 aliphatic rings. The monoisotopic (exact) mass is 202 g/mol. The van der Waals surface area contributed by atoms with E-state index < -0.39 is 0 Å². The summed E-state index contributed by atoms with van der Waals surface area (Å²) in [5.74, 6) is 0. The zero-order valence-electron chi connectivity index (χ0n) is 8.67. The second kappa shape index (κ2) is 4.23. The Kier molecular flexibility index (Phi) is 2.78. The van der Waals surface area contributed by atoms with Gasteiger partial charge in [-0.15, -0.1) is 0 Å². The van der Waals surface area contributed by atoms with E-state index in [9.17, 15) is 0 Å². The molecule has 1 unspecified atom stereocenters. The largest absolute Gasteiger partial charge is 0.340 e. The number of rotatable bonds is 3. The third kappa shape index (κ3) is 2.41. The van der Waals surface area contributed by atoms with Gasteiger partial charge in [-0.05, 0) is 18.1 Å². The molecule has 0 aliphatic heterocycles. The van der Waals surface area contributed by atoms with Crippen LogP contribution in [-0.2, 0) is 13.5 Å². The molecule has 2 rings (SSSR count). The van der Waals surface area contributed by atoms with Crippen molar-refractivity contribution in [2.75, 3.05) is 0 Å². The predicted octanol–water partition coefficient (Wildman–Crippen LogP) is 1.06. The van der Waals surface area contributed by atoms with Crippen LogP contribution in [0.15, 0.2) is 37.1 Å². The second-order valence-electron chi connectivity index (χ2n) is 3.64. The Morgan fingerprint density at radius 3 is 3.00 bits per heavy atom. The molecule has 2 N–H and O–H groups in total. The third-order valence-corrected chi connectivity index (χ3v) is 2.28. The van der Waals surface area contributed by atoms with Crippen LogP contribution in [-0.4, -0.2) is 14.5 Å². The molecule has 0 fully saturated rings. The van der Waals surface area contributed by atoms with Gasteiger partial charge in [0.15, 0.2) is 0 Å². The van der Waals surface area contributed by atoms with Crippen molar-refractivity contribution in [3.8, 4) is 0 Å². The topological polar surface area (TPSA) is 56.7 Å². The van der Waals surface area contributed by atoms with Gasteiger partial charge in [0.05, 0.1) is 18.1 Å². The molecule has 78 valence electrons. The maximum Gasteiger partial charge on any atom is 0.0947 e. The normalized spacial score (nSPS) is 12.7. The van der Waals surface area contributed by atoms with Crippen molar-refractivity contribution in [2.45, 2.75) is 12.5 Å². The standard InChI is InChI=1S/C11H14N4/c1-15-7-11(14-8-15)10(12)5-9-3-2-4-13-6-9/h2-4,6-8,10H,5,12H2,1H3. The van der Waals surface area contributed by atoms with Crippen LogP contribution in [0.2, 0.25) is 0 Å². The summed E-state index contributed by atoms with van der Waals surface area (Å²) < 4.78 is 1.90. The lowest BCUT2D eigenvalue weighted by atomic mass is 10.1. The molecule has 0 amide bonds. The zero-order chi connectivity index (χ0) is 10.7.